The topological polar surface area (TPSA) is 64.3 Å². The summed E-state index contributed by atoms with van der Waals surface area (Å²) in [6.45, 7) is 4.10. The maximum atomic E-state index is 12.0. The molecule has 0 radical (unpaired) electrons. The molecule has 0 aliphatic rings. The Morgan fingerprint density at radius 3 is 2.71 bits per heavy atom. The number of ether oxygens (including phenoxy) is 1. The highest BCUT2D eigenvalue weighted by atomic mass is 79.9. The smallest absolute Gasteiger partial charge is 0.340 e. The number of aryl methyl sites for hydroxylation is 1. The lowest BCUT2D eigenvalue weighted by molar-refractivity contribution is 0.0527. The van der Waals surface area contributed by atoms with E-state index in [0.717, 1.165) is 15.7 Å². The van der Waals surface area contributed by atoms with Crippen LogP contribution in [-0.2, 0) is 4.74 Å². The van der Waals surface area contributed by atoms with Crippen LogP contribution in [0.25, 0.3) is 0 Å². The third kappa shape index (κ3) is 3.76. The van der Waals surface area contributed by atoms with Gasteiger partial charge in [-0.25, -0.2) is 4.79 Å². The maximum absolute atomic E-state index is 12.0. The molecule has 2 aromatic rings. The van der Waals surface area contributed by atoms with Crippen LogP contribution in [0.3, 0.4) is 0 Å². The van der Waals surface area contributed by atoms with Crippen molar-refractivity contribution in [3.8, 4) is 0 Å². The zero-order chi connectivity index (χ0) is 15.4. The molecule has 3 N–H and O–H groups in total. The maximum Gasteiger partial charge on any atom is 0.340 e. The van der Waals surface area contributed by atoms with Crippen molar-refractivity contribution in [1.29, 1.82) is 0 Å². The molecule has 0 fully saturated rings. The molecule has 0 atom stereocenters. The van der Waals surface area contributed by atoms with E-state index >= 15 is 0 Å². The monoisotopic (exact) mass is 348 g/mol. The van der Waals surface area contributed by atoms with Crippen LogP contribution in [0, 0.1) is 6.92 Å². The van der Waals surface area contributed by atoms with Gasteiger partial charge < -0.3 is 15.8 Å². The van der Waals surface area contributed by atoms with Crippen LogP contribution in [0.1, 0.15) is 22.8 Å². The Morgan fingerprint density at radius 2 is 2.00 bits per heavy atom. The number of carbonyl (C=O) groups excluding carboxylic acids is 1. The minimum Gasteiger partial charge on any atom is -0.462 e. The summed E-state index contributed by atoms with van der Waals surface area (Å²) < 4.78 is 5.99. The molecule has 0 amide bonds. The van der Waals surface area contributed by atoms with Crippen LogP contribution in [0.15, 0.2) is 40.9 Å². The van der Waals surface area contributed by atoms with E-state index in [1.165, 1.54) is 0 Å². The second kappa shape index (κ2) is 6.63. The molecule has 0 bridgehead atoms. The first kappa shape index (κ1) is 15.4. The highest BCUT2D eigenvalue weighted by Crippen LogP contribution is 2.29. The summed E-state index contributed by atoms with van der Waals surface area (Å²) in [6.07, 6.45) is 0. The van der Waals surface area contributed by atoms with Crippen molar-refractivity contribution in [2.75, 3.05) is 17.7 Å². The van der Waals surface area contributed by atoms with Gasteiger partial charge in [0.2, 0.25) is 0 Å². The first-order valence-corrected chi connectivity index (χ1v) is 7.40. The van der Waals surface area contributed by atoms with Crippen LogP contribution in [0.4, 0.5) is 17.1 Å². The third-order valence-electron chi connectivity index (χ3n) is 2.93. The van der Waals surface area contributed by atoms with Crippen molar-refractivity contribution in [2.24, 2.45) is 0 Å². The number of nitrogen functional groups attached to an aromatic ring is 1. The van der Waals surface area contributed by atoms with Crippen LogP contribution in [-0.4, -0.2) is 12.6 Å². The molecule has 0 saturated heterocycles. The van der Waals surface area contributed by atoms with Gasteiger partial charge in [0.1, 0.15) is 0 Å². The first-order chi connectivity index (χ1) is 10.0. The van der Waals surface area contributed by atoms with Crippen molar-refractivity contribution in [3.05, 3.63) is 52.0 Å². The fraction of sp³-hybridized carbons (Fsp3) is 0.188. The van der Waals surface area contributed by atoms with Crippen LogP contribution in [0.2, 0.25) is 0 Å². The summed E-state index contributed by atoms with van der Waals surface area (Å²) >= 11 is 3.49. The Labute approximate surface area is 132 Å². The standard InChI is InChI=1S/C16H17BrN2O2/c1-3-21-16(20)12-9-11(18)5-7-14(12)19-15-8-10(2)4-6-13(15)17/h4-9,19H,3,18H2,1-2H3. The second-order valence-electron chi connectivity index (χ2n) is 4.63. The summed E-state index contributed by atoms with van der Waals surface area (Å²) in [5.74, 6) is -0.393. The summed E-state index contributed by atoms with van der Waals surface area (Å²) in [5.41, 5.74) is 9.37. The fourth-order valence-electron chi connectivity index (χ4n) is 1.93. The molecule has 0 heterocycles. The zero-order valence-corrected chi connectivity index (χ0v) is 13.5. The molecule has 110 valence electrons. The van der Waals surface area contributed by atoms with Gasteiger partial charge in [-0.1, -0.05) is 6.07 Å². The minimum absolute atomic E-state index is 0.321. The molecule has 0 saturated carbocycles. The number of esters is 1. The van der Waals surface area contributed by atoms with E-state index in [0.29, 0.717) is 23.5 Å². The van der Waals surface area contributed by atoms with E-state index in [1.807, 2.05) is 25.1 Å². The van der Waals surface area contributed by atoms with E-state index < -0.39 is 5.97 Å². The van der Waals surface area contributed by atoms with Gasteiger partial charge in [-0.3, -0.25) is 0 Å². The van der Waals surface area contributed by atoms with Crippen molar-refractivity contribution in [3.63, 3.8) is 0 Å². The summed E-state index contributed by atoms with van der Waals surface area (Å²) in [4.78, 5) is 12.0. The fourth-order valence-corrected chi connectivity index (χ4v) is 2.27. The molecular formula is C16H17BrN2O2. The number of hydrogen-bond donors (Lipinski definition) is 2. The highest BCUT2D eigenvalue weighted by Gasteiger charge is 2.14. The van der Waals surface area contributed by atoms with Gasteiger partial charge in [0.25, 0.3) is 0 Å². The first-order valence-electron chi connectivity index (χ1n) is 6.61. The van der Waals surface area contributed by atoms with Crippen molar-refractivity contribution < 1.29 is 9.53 Å². The Morgan fingerprint density at radius 1 is 1.24 bits per heavy atom. The van der Waals surface area contributed by atoms with E-state index in [9.17, 15) is 4.79 Å². The van der Waals surface area contributed by atoms with Gasteiger partial charge in [-0.05, 0) is 65.7 Å². The SMILES string of the molecule is CCOC(=O)c1cc(N)ccc1Nc1cc(C)ccc1Br. The Kier molecular flexibility index (Phi) is 4.85. The van der Waals surface area contributed by atoms with Gasteiger partial charge in [0, 0.05) is 10.2 Å². The van der Waals surface area contributed by atoms with E-state index in [2.05, 4.69) is 21.2 Å². The highest BCUT2D eigenvalue weighted by molar-refractivity contribution is 9.10. The molecule has 0 aliphatic carbocycles. The van der Waals surface area contributed by atoms with Gasteiger partial charge in [-0.15, -0.1) is 0 Å². The van der Waals surface area contributed by atoms with Crippen molar-refractivity contribution in [1.82, 2.24) is 0 Å². The van der Waals surface area contributed by atoms with E-state index in [-0.39, 0.29) is 0 Å². The van der Waals surface area contributed by atoms with E-state index in [1.54, 1.807) is 25.1 Å². The molecule has 21 heavy (non-hydrogen) atoms. The number of anilines is 3. The number of benzene rings is 2. The quantitative estimate of drug-likeness (QED) is 0.639. The molecule has 0 spiro atoms. The number of nitrogens with one attached hydrogen (secondary N) is 1. The van der Waals surface area contributed by atoms with Crippen LogP contribution in [0.5, 0.6) is 0 Å². The lowest BCUT2D eigenvalue weighted by atomic mass is 10.1. The number of carbonyl (C=O) groups is 1. The van der Waals surface area contributed by atoms with Gasteiger partial charge in [0.05, 0.1) is 23.5 Å². The number of halogens is 1. The summed E-state index contributed by atoms with van der Waals surface area (Å²) in [7, 11) is 0. The average Bonchev–Trinajstić information content (AvgIpc) is 2.45. The lowest BCUT2D eigenvalue weighted by Crippen LogP contribution is -2.09. The third-order valence-corrected chi connectivity index (χ3v) is 3.62. The number of rotatable bonds is 4. The Bertz CT molecular complexity index is 671. The lowest BCUT2D eigenvalue weighted by Gasteiger charge is -2.14. The predicted octanol–water partition coefficient (Wildman–Crippen LogP) is 4.26. The summed E-state index contributed by atoms with van der Waals surface area (Å²) in [5, 5.41) is 3.24. The minimum atomic E-state index is -0.393. The number of hydrogen-bond acceptors (Lipinski definition) is 4. The molecule has 0 unspecified atom stereocenters. The van der Waals surface area contributed by atoms with Gasteiger partial charge in [0.15, 0.2) is 0 Å². The average molecular weight is 349 g/mol. The summed E-state index contributed by atoms with van der Waals surface area (Å²) in [6, 6.07) is 11.1. The Balaban J connectivity index is 2.39. The van der Waals surface area contributed by atoms with Gasteiger partial charge >= 0.3 is 5.97 Å². The molecule has 2 rings (SSSR count). The largest absolute Gasteiger partial charge is 0.462 e. The van der Waals surface area contributed by atoms with E-state index in [4.69, 9.17) is 10.5 Å². The van der Waals surface area contributed by atoms with Crippen molar-refractivity contribution >= 4 is 39.0 Å². The van der Waals surface area contributed by atoms with Crippen molar-refractivity contribution in [2.45, 2.75) is 13.8 Å². The van der Waals surface area contributed by atoms with Gasteiger partial charge in [-0.2, -0.15) is 0 Å². The normalized spacial score (nSPS) is 10.2. The predicted molar refractivity (Wildman–Crippen MR) is 89.0 cm³/mol. The zero-order valence-electron chi connectivity index (χ0n) is 11.9. The molecule has 4 nitrogen and oxygen atoms in total. The molecule has 0 aromatic heterocycles. The molecule has 2 aromatic carbocycles. The molecule has 5 heteroatoms. The molecular weight excluding hydrogens is 332 g/mol. The number of nitrogens with two attached hydrogens (primary N) is 1. The van der Waals surface area contributed by atoms with Crippen LogP contribution < -0.4 is 11.1 Å². The Hall–Kier alpha value is -2.01. The van der Waals surface area contributed by atoms with Crippen LogP contribution >= 0.6 is 15.9 Å². The molecule has 0 aliphatic heterocycles. The second-order valence-corrected chi connectivity index (χ2v) is 5.49.